The van der Waals surface area contributed by atoms with Crippen LogP contribution >= 0.6 is 0 Å². The summed E-state index contributed by atoms with van der Waals surface area (Å²) in [6, 6.07) is 0.652. The summed E-state index contributed by atoms with van der Waals surface area (Å²) in [5, 5.41) is 0. The number of rotatable bonds is 9. The van der Waals surface area contributed by atoms with Gasteiger partial charge in [-0.15, -0.1) is 13.2 Å². The van der Waals surface area contributed by atoms with Crippen LogP contribution in [0.2, 0.25) is 26.2 Å². The van der Waals surface area contributed by atoms with E-state index in [1.54, 1.807) is 0 Å². The van der Waals surface area contributed by atoms with Crippen molar-refractivity contribution in [2.75, 3.05) is 19.6 Å². The third-order valence-electron chi connectivity index (χ3n) is 4.39. The molecule has 0 heterocycles. The first-order chi connectivity index (χ1) is 10.0. The Bertz CT molecular complexity index is 312. The van der Waals surface area contributed by atoms with Gasteiger partial charge in [0.25, 0.3) is 0 Å². The normalized spacial score (nSPS) is 12.4. The zero-order chi connectivity index (χ0) is 18.0. The minimum atomic E-state index is -1.27. The minimum Gasteiger partial charge on any atom is -0.321 e. The third-order valence-corrected chi connectivity index (χ3v) is 10.9. The predicted molar refractivity (Wildman–Crippen MR) is 110 cm³/mol. The van der Waals surface area contributed by atoms with E-state index in [0.717, 1.165) is 6.54 Å². The average Bonchev–Trinajstić information content (AvgIpc) is 2.45. The van der Waals surface area contributed by atoms with E-state index in [1.807, 2.05) is 0 Å². The van der Waals surface area contributed by atoms with Crippen molar-refractivity contribution < 1.29 is 0 Å². The van der Waals surface area contributed by atoms with Crippen LogP contribution in [0.5, 0.6) is 0 Å². The second-order valence-corrected chi connectivity index (χ2v) is 15.8. The highest BCUT2D eigenvalue weighted by Gasteiger charge is 2.26. The molecule has 0 aromatic carbocycles. The molecule has 0 radical (unpaired) electrons. The van der Waals surface area contributed by atoms with Crippen molar-refractivity contribution in [3.63, 3.8) is 0 Å². The van der Waals surface area contributed by atoms with Crippen molar-refractivity contribution >= 4 is 16.5 Å². The van der Waals surface area contributed by atoms with Gasteiger partial charge in [-0.25, -0.2) is 0 Å². The van der Waals surface area contributed by atoms with E-state index in [9.17, 15) is 0 Å². The zero-order valence-electron chi connectivity index (χ0n) is 16.9. The van der Waals surface area contributed by atoms with Crippen LogP contribution in [0.15, 0.2) is 24.6 Å². The van der Waals surface area contributed by atoms with E-state index in [-0.39, 0.29) is 0 Å². The lowest BCUT2D eigenvalue weighted by atomic mass is 10.4. The molecule has 0 aliphatic rings. The summed E-state index contributed by atoms with van der Waals surface area (Å²) in [7, 11) is -2.50. The summed E-state index contributed by atoms with van der Waals surface area (Å²) < 4.78 is 5.12. The quantitative estimate of drug-likeness (QED) is 0.525. The van der Waals surface area contributed by atoms with Crippen LogP contribution in [0.25, 0.3) is 0 Å². The molecule has 0 aliphatic heterocycles. The van der Waals surface area contributed by atoms with Crippen molar-refractivity contribution in [2.45, 2.75) is 73.3 Å². The zero-order valence-corrected chi connectivity index (χ0v) is 18.9. The first-order valence-corrected chi connectivity index (χ1v) is 14.9. The Balaban J connectivity index is 0. The minimum absolute atomic E-state index is 0.652. The van der Waals surface area contributed by atoms with Crippen molar-refractivity contribution in [2.24, 2.45) is 0 Å². The van der Waals surface area contributed by atoms with Gasteiger partial charge >= 0.3 is 0 Å². The van der Waals surface area contributed by atoms with Gasteiger partial charge in [-0.3, -0.25) is 0 Å². The maximum Gasteiger partial charge on any atom is 0.146 e. The molecule has 0 aliphatic carbocycles. The molecule has 132 valence electrons. The first kappa shape index (κ1) is 24.1. The van der Waals surface area contributed by atoms with Gasteiger partial charge in [0.15, 0.2) is 0 Å². The van der Waals surface area contributed by atoms with Crippen LogP contribution in [-0.2, 0) is 0 Å². The highest BCUT2D eigenvalue weighted by Crippen LogP contribution is 2.13. The van der Waals surface area contributed by atoms with E-state index >= 15 is 0 Å². The topological polar surface area (TPSA) is 6.48 Å². The van der Waals surface area contributed by atoms with Gasteiger partial charge in [0.1, 0.15) is 16.5 Å². The molecule has 0 saturated heterocycles. The largest absolute Gasteiger partial charge is 0.321 e. The average molecular weight is 343 g/mol. The van der Waals surface area contributed by atoms with E-state index in [4.69, 9.17) is 0 Å². The fourth-order valence-corrected chi connectivity index (χ4v) is 7.06. The Morgan fingerprint density at radius 1 is 0.864 bits per heavy atom. The van der Waals surface area contributed by atoms with Crippen LogP contribution in [-0.4, -0.2) is 51.3 Å². The second kappa shape index (κ2) is 11.4. The summed E-state index contributed by atoms with van der Waals surface area (Å²) in [6.45, 7) is 31.9. The van der Waals surface area contributed by atoms with Crippen LogP contribution in [0.1, 0.15) is 41.0 Å². The van der Waals surface area contributed by atoms with Gasteiger partial charge in [0.05, 0.1) is 0 Å². The van der Waals surface area contributed by atoms with Crippen LogP contribution in [0.3, 0.4) is 0 Å². The van der Waals surface area contributed by atoms with Crippen molar-refractivity contribution in [3.8, 4) is 0 Å². The molecule has 0 amide bonds. The van der Waals surface area contributed by atoms with Gasteiger partial charge in [0, 0.05) is 0 Å². The molecule has 0 bridgehead atoms. The summed E-state index contributed by atoms with van der Waals surface area (Å²) in [5.41, 5.74) is 4.31. The Hall–Kier alpha value is -0.166. The van der Waals surface area contributed by atoms with Crippen molar-refractivity contribution in [1.29, 1.82) is 0 Å². The molecular weight excluding hydrogens is 300 g/mol. The molecule has 0 rings (SSSR count). The number of hydrogen-bond donors (Lipinski definition) is 0. The van der Waals surface area contributed by atoms with E-state index in [1.165, 1.54) is 19.5 Å². The molecule has 0 N–H and O–H groups in total. The van der Waals surface area contributed by atoms with E-state index in [0.29, 0.717) is 6.04 Å². The van der Waals surface area contributed by atoms with Gasteiger partial charge in [0.2, 0.25) is 0 Å². The lowest BCUT2D eigenvalue weighted by molar-refractivity contribution is 0.374. The molecule has 22 heavy (non-hydrogen) atoms. The van der Waals surface area contributed by atoms with Crippen LogP contribution in [0, 0.1) is 0 Å². The maximum absolute atomic E-state index is 3.90. The predicted octanol–water partition coefficient (Wildman–Crippen LogP) is 5.30. The molecule has 0 aromatic rings. The Kier molecular flexibility index (Phi) is 12.5. The van der Waals surface area contributed by atoms with Gasteiger partial charge in [-0.05, 0) is 32.1 Å². The van der Waals surface area contributed by atoms with Crippen molar-refractivity contribution in [3.05, 3.63) is 24.6 Å². The standard InChI is InChI=1S/2C9H21NSi/c1-7-10(9(3)4)11(5,6)8-2;1-6-9-10(7-2)11(4,5)8-3/h8-9H,2,7H2,1,3-6H3;8H,3,6-7,9H2,1-2,4-5H3. The SMILES string of the molecule is C=C[Si](C)(C)N(CC)C(C)C.C=C[Si](C)(C)N(CC)CCC. The molecule has 0 unspecified atom stereocenters. The summed E-state index contributed by atoms with van der Waals surface area (Å²) >= 11 is 0. The fraction of sp³-hybridized carbons (Fsp3) is 0.778. The molecule has 4 heteroatoms. The third kappa shape index (κ3) is 8.46. The van der Waals surface area contributed by atoms with Crippen LogP contribution < -0.4 is 0 Å². The molecule has 0 saturated carbocycles. The molecule has 0 aromatic heterocycles. The fourth-order valence-electron chi connectivity index (χ4n) is 2.81. The Labute approximate surface area is 143 Å². The highest BCUT2D eigenvalue weighted by molar-refractivity contribution is 6.79. The smallest absolute Gasteiger partial charge is 0.146 e. The Morgan fingerprint density at radius 3 is 1.50 bits per heavy atom. The van der Waals surface area contributed by atoms with Crippen LogP contribution in [0.4, 0.5) is 0 Å². The number of hydrogen-bond acceptors (Lipinski definition) is 2. The molecule has 0 spiro atoms. The summed E-state index contributed by atoms with van der Waals surface area (Å²) in [4.78, 5) is 0. The monoisotopic (exact) mass is 342 g/mol. The lowest BCUT2D eigenvalue weighted by Crippen LogP contribution is -2.50. The van der Waals surface area contributed by atoms with E-state index in [2.05, 4.69) is 94.5 Å². The lowest BCUT2D eigenvalue weighted by Gasteiger charge is -2.36. The maximum atomic E-state index is 3.90. The summed E-state index contributed by atoms with van der Waals surface area (Å²) in [5.74, 6) is 0. The second-order valence-electron chi connectivity index (χ2n) is 7.18. The van der Waals surface area contributed by atoms with Crippen molar-refractivity contribution in [1.82, 2.24) is 9.13 Å². The first-order valence-electron chi connectivity index (χ1n) is 8.82. The summed E-state index contributed by atoms with van der Waals surface area (Å²) in [6.07, 6.45) is 1.25. The van der Waals surface area contributed by atoms with Gasteiger partial charge in [-0.1, -0.05) is 72.2 Å². The Morgan fingerprint density at radius 2 is 1.32 bits per heavy atom. The van der Waals surface area contributed by atoms with Gasteiger partial charge in [-0.2, -0.15) is 0 Å². The van der Waals surface area contributed by atoms with E-state index < -0.39 is 16.5 Å². The molecule has 2 nitrogen and oxygen atoms in total. The molecule has 0 atom stereocenters. The number of nitrogens with zero attached hydrogens (tertiary/aromatic N) is 2. The molecule has 0 fully saturated rings. The highest BCUT2D eigenvalue weighted by atomic mass is 28.3. The molecular formula is C18H42N2Si2. The van der Waals surface area contributed by atoms with Gasteiger partial charge < -0.3 is 9.13 Å².